The Balaban J connectivity index is 2.08. The van der Waals surface area contributed by atoms with E-state index in [2.05, 4.69) is 22.0 Å². The molecule has 0 spiro atoms. The highest BCUT2D eigenvalue weighted by Crippen LogP contribution is 2.38. The van der Waals surface area contributed by atoms with Crippen LogP contribution in [-0.4, -0.2) is 16.9 Å². The summed E-state index contributed by atoms with van der Waals surface area (Å²) in [5.41, 5.74) is 2.50. The molecule has 138 valence electrons. The molecule has 0 aliphatic heterocycles. The molecule has 0 radical (unpaired) electrons. The van der Waals surface area contributed by atoms with Gasteiger partial charge in [-0.25, -0.2) is 4.39 Å². The SMILES string of the molecule is COc1ccc(Cn2nc(-c3ccc(F)cc3)c(C(C)(C)C#N)c2Br)cc1. The van der Waals surface area contributed by atoms with E-state index in [-0.39, 0.29) is 5.82 Å². The van der Waals surface area contributed by atoms with Crippen LogP contribution in [0, 0.1) is 17.1 Å². The molecular weight excluding hydrogens is 409 g/mol. The zero-order valence-electron chi connectivity index (χ0n) is 15.3. The highest BCUT2D eigenvalue weighted by atomic mass is 79.9. The fourth-order valence-electron chi connectivity index (χ4n) is 2.87. The molecule has 27 heavy (non-hydrogen) atoms. The number of hydrogen-bond donors (Lipinski definition) is 0. The molecule has 1 heterocycles. The predicted molar refractivity (Wildman–Crippen MR) is 106 cm³/mol. The molecule has 6 heteroatoms. The van der Waals surface area contributed by atoms with Crippen LogP contribution in [0.15, 0.2) is 53.1 Å². The van der Waals surface area contributed by atoms with Crippen molar-refractivity contribution in [1.82, 2.24) is 9.78 Å². The molecule has 0 unspecified atom stereocenters. The second-order valence-electron chi connectivity index (χ2n) is 6.76. The van der Waals surface area contributed by atoms with E-state index in [0.717, 1.165) is 27.0 Å². The summed E-state index contributed by atoms with van der Waals surface area (Å²) < 4.78 is 21.1. The zero-order chi connectivity index (χ0) is 19.6. The fourth-order valence-corrected chi connectivity index (χ4v) is 3.76. The minimum Gasteiger partial charge on any atom is -0.497 e. The van der Waals surface area contributed by atoms with Gasteiger partial charge in [0.1, 0.15) is 16.2 Å². The number of nitrogens with zero attached hydrogens (tertiary/aromatic N) is 3. The van der Waals surface area contributed by atoms with E-state index in [1.54, 1.807) is 19.2 Å². The van der Waals surface area contributed by atoms with Crippen LogP contribution < -0.4 is 4.74 Å². The van der Waals surface area contributed by atoms with Gasteiger partial charge in [-0.2, -0.15) is 10.4 Å². The van der Waals surface area contributed by atoms with Gasteiger partial charge in [-0.15, -0.1) is 0 Å². The number of benzene rings is 2. The van der Waals surface area contributed by atoms with Crippen LogP contribution in [-0.2, 0) is 12.0 Å². The first kappa shape index (κ1) is 19.1. The van der Waals surface area contributed by atoms with Crippen molar-refractivity contribution in [3.05, 3.63) is 70.1 Å². The molecule has 4 nitrogen and oxygen atoms in total. The Hall–Kier alpha value is -2.65. The van der Waals surface area contributed by atoms with E-state index < -0.39 is 5.41 Å². The maximum absolute atomic E-state index is 13.3. The number of methoxy groups -OCH3 is 1. The summed E-state index contributed by atoms with van der Waals surface area (Å²) in [7, 11) is 1.63. The second-order valence-corrected chi connectivity index (χ2v) is 7.51. The fraction of sp³-hybridized carbons (Fsp3) is 0.238. The van der Waals surface area contributed by atoms with Crippen molar-refractivity contribution in [3.63, 3.8) is 0 Å². The average Bonchev–Trinajstić information content (AvgIpc) is 3.00. The number of halogens is 2. The lowest BCUT2D eigenvalue weighted by molar-refractivity contribution is 0.414. The Kier molecular flexibility index (Phi) is 5.33. The van der Waals surface area contributed by atoms with Crippen LogP contribution in [0.2, 0.25) is 0 Å². The molecule has 0 saturated heterocycles. The number of rotatable bonds is 5. The van der Waals surface area contributed by atoms with Crippen molar-refractivity contribution >= 4 is 15.9 Å². The monoisotopic (exact) mass is 427 g/mol. The molecule has 0 bridgehead atoms. The third-order valence-electron chi connectivity index (χ3n) is 4.40. The van der Waals surface area contributed by atoms with E-state index in [9.17, 15) is 9.65 Å². The van der Waals surface area contributed by atoms with Gasteiger partial charge in [-0.05, 0) is 71.7 Å². The van der Waals surface area contributed by atoms with Crippen LogP contribution in [0.4, 0.5) is 4.39 Å². The highest BCUT2D eigenvalue weighted by molar-refractivity contribution is 9.10. The van der Waals surface area contributed by atoms with Gasteiger partial charge in [0.15, 0.2) is 0 Å². The maximum atomic E-state index is 13.3. The van der Waals surface area contributed by atoms with E-state index >= 15 is 0 Å². The van der Waals surface area contributed by atoms with E-state index in [1.165, 1.54) is 12.1 Å². The highest BCUT2D eigenvalue weighted by Gasteiger charge is 2.31. The Morgan fingerprint density at radius 3 is 2.33 bits per heavy atom. The Morgan fingerprint density at radius 1 is 1.15 bits per heavy atom. The topological polar surface area (TPSA) is 50.8 Å². The molecule has 3 rings (SSSR count). The van der Waals surface area contributed by atoms with Crippen LogP contribution in [0.5, 0.6) is 5.75 Å². The Labute approximate surface area is 166 Å². The molecule has 0 amide bonds. The molecule has 1 aromatic heterocycles. The molecule has 0 saturated carbocycles. The smallest absolute Gasteiger partial charge is 0.123 e. The van der Waals surface area contributed by atoms with Crippen molar-refractivity contribution in [3.8, 4) is 23.1 Å². The third-order valence-corrected chi connectivity index (χ3v) is 5.21. The standard InChI is InChI=1S/C21H19BrFN3O/c1-21(2,13-24)18-19(15-6-8-16(23)9-7-15)25-26(20(18)22)12-14-4-10-17(27-3)11-5-14/h4-11H,12H2,1-3H3. The molecule has 0 N–H and O–H groups in total. The minimum atomic E-state index is -0.763. The van der Waals surface area contributed by atoms with Gasteiger partial charge in [0, 0.05) is 11.1 Å². The van der Waals surface area contributed by atoms with Crippen LogP contribution in [0.25, 0.3) is 11.3 Å². The Morgan fingerprint density at radius 2 is 1.78 bits per heavy atom. The lowest BCUT2D eigenvalue weighted by Crippen LogP contribution is -2.15. The predicted octanol–water partition coefficient (Wildman–Crippen LogP) is 5.31. The molecule has 0 aliphatic rings. The van der Waals surface area contributed by atoms with E-state index in [4.69, 9.17) is 9.84 Å². The average molecular weight is 428 g/mol. The molecule has 2 aromatic carbocycles. The van der Waals surface area contributed by atoms with Gasteiger partial charge in [-0.3, -0.25) is 4.68 Å². The first-order chi connectivity index (χ1) is 12.9. The molecule has 0 fully saturated rings. The first-order valence-corrected chi connectivity index (χ1v) is 9.22. The summed E-state index contributed by atoms with van der Waals surface area (Å²) in [6.45, 7) is 4.22. The van der Waals surface area contributed by atoms with Gasteiger partial charge in [0.05, 0.1) is 30.8 Å². The lowest BCUT2D eigenvalue weighted by atomic mass is 9.85. The third kappa shape index (κ3) is 3.88. The molecule has 0 aliphatic carbocycles. The summed E-state index contributed by atoms with van der Waals surface area (Å²) in [6.07, 6.45) is 0. The van der Waals surface area contributed by atoms with E-state index in [1.807, 2.05) is 42.8 Å². The van der Waals surface area contributed by atoms with Crippen LogP contribution >= 0.6 is 15.9 Å². The summed E-state index contributed by atoms with van der Waals surface area (Å²) >= 11 is 3.63. The summed E-state index contributed by atoms with van der Waals surface area (Å²) in [5.74, 6) is 0.480. The van der Waals surface area contributed by atoms with Gasteiger partial charge in [0.25, 0.3) is 0 Å². The van der Waals surface area contributed by atoms with Crippen molar-refractivity contribution in [2.24, 2.45) is 0 Å². The van der Waals surface area contributed by atoms with Gasteiger partial charge in [0.2, 0.25) is 0 Å². The van der Waals surface area contributed by atoms with Crippen molar-refractivity contribution in [2.75, 3.05) is 7.11 Å². The normalized spacial score (nSPS) is 11.3. The maximum Gasteiger partial charge on any atom is 0.123 e. The van der Waals surface area contributed by atoms with Crippen molar-refractivity contribution < 1.29 is 9.13 Å². The van der Waals surface area contributed by atoms with Crippen LogP contribution in [0.3, 0.4) is 0 Å². The summed E-state index contributed by atoms with van der Waals surface area (Å²) in [6, 6.07) is 16.2. The summed E-state index contributed by atoms with van der Waals surface area (Å²) in [4.78, 5) is 0. The number of aromatic nitrogens is 2. The first-order valence-electron chi connectivity index (χ1n) is 8.42. The van der Waals surface area contributed by atoms with Gasteiger partial charge >= 0.3 is 0 Å². The van der Waals surface area contributed by atoms with Crippen molar-refractivity contribution in [1.29, 1.82) is 5.26 Å². The zero-order valence-corrected chi connectivity index (χ0v) is 16.9. The van der Waals surface area contributed by atoms with Crippen LogP contribution in [0.1, 0.15) is 25.0 Å². The summed E-state index contributed by atoms with van der Waals surface area (Å²) in [5, 5.41) is 14.4. The Bertz CT molecular complexity index is 986. The number of hydrogen-bond acceptors (Lipinski definition) is 3. The number of nitriles is 1. The largest absolute Gasteiger partial charge is 0.497 e. The minimum absolute atomic E-state index is 0.309. The second kappa shape index (κ2) is 7.53. The molecule has 3 aromatic rings. The lowest BCUT2D eigenvalue weighted by Gasteiger charge is -2.16. The van der Waals surface area contributed by atoms with Gasteiger partial charge < -0.3 is 4.74 Å². The van der Waals surface area contributed by atoms with Gasteiger partial charge in [-0.1, -0.05) is 12.1 Å². The van der Waals surface area contributed by atoms with Crippen molar-refractivity contribution in [2.45, 2.75) is 25.8 Å². The quantitative estimate of drug-likeness (QED) is 0.554. The molecule has 0 atom stereocenters. The number of ether oxygens (including phenoxy) is 1. The molecular formula is C21H19BrFN3O. The van der Waals surface area contributed by atoms with E-state index in [0.29, 0.717) is 12.2 Å².